The van der Waals surface area contributed by atoms with Crippen LogP contribution in [0.25, 0.3) is 0 Å². The molecule has 0 spiro atoms. The van der Waals surface area contributed by atoms with Crippen molar-refractivity contribution in [1.29, 1.82) is 0 Å². The SMILES string of the molecule is NC(Cc1ccccc1)C(=O)NC(CCC(=O)O)C(=O)NC(CC(=O)O)C(=O)NC(Cc1ccc(O)cc1)C(=O)O. The molecule has 0 aliphatic rings. The zero-order valence-electron chi connectivity index (χ0n) is 21.9. The number of hydrogen-bond acceptors (Lipinski definition) is 8. The van der Waals surface area contributed by atoms with E-state index in [0.29, 0.717) is 5.56 Å². The first-order chi connectivity index (χ1) is 19.3. The van der Waals surface area contributed by atoms with Crippen LogP contribution < -0.4 is 21.7 Å². The summed E-state index contributed by atoms with van der Waals surface area (Å²) < 4.78 is 0. The fourth-order valence-corrected chi connectivity index (χ4v) is 3.77. The number of carbonyl (C=O) groups excluding carboxylic acids is 3. The van der Waals surface area contributed by atoms with Gasteiger partial charge in [0, 0.05) is 12.8 Å². The van der Waals surface area contributed by atoms with Crippen molar-refractivity contribution < 1.29 is 49.2 Å². The van der Waals surface area contributed by atoms with Gasteiger partial charge in [-0.25, -0.2) is 4.79 Å². The maximum absolute atomic E-state index is 13.0. The number of aromatic hydroxyl groups is 1. The predicted octanol–water partition coefficient (Wildman–Crippen LogP) is -0.617. The molecule has 2 aromatic carbocycles. The summed E-state index contributed by atoms with van der Waals surface area (Å²) >= 11 is 0. The highest BCUT2D eigenvalue weighted by molar-refractivity contribution is 5.95. The van der Waals surface area contributed by atoms with Gasteiger partial charge in [0.25, 0.3) is 0 Å². The molecule has 2 aromatic rings. The molecule has 220 valence electrons. The van der Waals surface area contributed by atoms with E-state index in [-0.39, 0.29) is 18.6 Å². The Kier molecular flexibility index (Phi) is 12.2. The second kappa shape index (κ2) is 15.6. The maximum Gasteiger partial charge on any atom is 0.326 e. The molecule has 0 bridgehead atoms. The summed E-state index contributed by atoms with van der Waals surface area (Å²) in [6.45, 7) is 0. The number of carbonyl (C=O) groups is 6. The van der Waals surface area contributed by atoms with E-state index in [0.717, 1.165) is 5.56 Å². The lowest BCUT2D eigenvalue weighted by Crippen LogP contribution is -2.57. The van der Waals surface area contributed by atoms with Gasteiger partial charge in [0.1, 0.15) is 23.9 Å². The van der Waals surface area contributed by atoms with E-state index < -0.39 is 79.1 Å². The Morgan fingerprint density at radius 1 is 0.659 bits per heavy atom. The lowest BCUT2D eigenvalue weighted by molar-refractivity contribution is -0.143. The molecule has 0 radical (unpaired) electrons. The molecule has 4 unspecified atom stereocenters. The van der Waals surface area contributed by atoms with Gasteiger partial charge in [-0.2, -0.15) is 0 Å². The first-order valence-electron chi connectivity index (χ1n) is 12.5. The molecule has 0 aliphatic heterocycles. The molecule has 9 N–H and O–H groups in total. The number of aliphatic carboxylic acids is 3. The second-order valence-electron chi connectivity index (χ2n) is 9.22. The summed E-state index contributed by atoms with van der Waals surface area (Å²) in [4.78, 5) is 73.0. The van der Waals surface area contributed by atoms with E-state index in [1.807, 2.05) is 0 Å². The van der Waals surface area contributed by atoms with E-state index >= 15 is 0 Å². The summed E-state index contributed by atoms with van der Waals surface area (Å²) in [6, 6.07) is 8.39. The number of phenolic OH excluding ortho intramolecular Hbond substituents is 1. The maximum atomic E-state index is 13.0. The number of phenols is 1. The molecule has 2 rings (SSSR count). The third-order valence-corrected chi connectivity index (χ3v) is 5.92. The van der Waals surface area contributed by atoms with E-state index in [9.17, 15) is 44.1 Å². The highest BCUT2D eigenvalue weighted by Crippen LogP contribution is 2.12. The van der Waals surface area contributed by atoms with Crippen LogP contribution in [0.5, 0.6) is 5.75 Å². The molecule has 4 atom stereocenters. The average molecular weight is 573 g/mol. The molecule has 14 heteroatoms. The molecule has 0 aliphatic carbocycles. The predicted molar refractivity (Wildman–Crippen MR) is 142 cm³/mol. The third-order valence-electron chi connectivity index (χ3n) is 5.92. The summed E-state index contributed by atoms with van der Waals surface area (Å²) in [6.07, 6.45) is -1.98. The van der Waals surface area contributed by atoms with E-state index in [1.165, 1.54) is 24.3 Å². The zero-order chi connectivity index (χ0) is 30.5. The van der Waals surface area contributed by atoms with Gasteiger partial charge in [-0.05, 0) is 36.1 Å². The van der Waals surface area contributed by atoms with Crippen LogP contribution >= 0.6 is 0 Å². The number of nitrogens with one attached hydrogen (secondary N) is 3. The lowest BCUT2D eigenvalue weighted by atomic mass is 10.0. The topological polar surface area (TPSA) is 245 Å². The largest absolute Gasteiger partial charge is 0.508 e. The highest BCUT2D eigenvalue weighted by atomic mass is 16.4. The molecule has 0 saturated carbocycles. The molecule has 14 nitrogen and oxygen atoms in total. The van der Waals surface area contributed by atoms with Gasteiger partial charge in [-0.1, -0.05) is 42.5 Å². The van der Waals surface area contributed by atoms with Crippen LogP contribution in [0.4, 0.5) is 0 Å². The number of amides is 3. The Hall–Kier alpha value is -4.98. The van der Waals surface area contributed by atoms with Crippen molar-refractivity contribution >= 4 is 35.6 Å². The average Bonchev–Trinajstić information content (AvgIpc) is 2.91. The highest BCUT2D eigenvalue weighted by Gasteiger charge is 2.32. The van der Waals surface area contributed by atoms with Gasteiger partial charge in [-0.15, -0.1) is 0 Å². The van der Waals surface area contributed by atoms with E-state index in [4.69, 9.17) is 10.8 Å². The standard InChI is InChI=1S/C27H32N4O10/c28-18(12-15-4-2-1-3-5-15)24(37)29-19(10-11-22(33)34)25(38)30-20(14-23(35)36)26(39)31-21(27(40)41)13-16-6-8-17(32)9-7-16/h1-9,18-21,32H,10-14,28H2,(H,29,37)(H,30,38)(H,31,39)(H,33,34)(H,35,36)(H,40,41). The van der Waals surface area contributed by atoms with Gasteiger partial charge < -0.3 is 42.1 Å². The first-order valence-corrected chi connectivity index (χ1v) is 12.5. The van der Waals surface area contributed by atoms with Crippen LogP contribution in [0.1, 0.15) is 30.4 Å². The molecular weight excluding hydrogens is 540 g/mol. The van der Waals surface area contributed by atoms with Crippen LogP contribution in [0.3, 0.4) is 0 Å². The molecule has 0 aromatic heterocycles. The van der Waals surface area contributed by atoms with Crippen LogP contribution in [0.2, 0.25) is 0 Å². The van der Waals surface area contributed by atoms with Crippen molar-refractivity contribution in [3.63, 3.8) is 0 Å². The minimum atomic E-state index is -1.76. The Labute approximate surface area is 234 Å². The number of rotatable bonds is 16. The van der Waals surface area contributed by atoms with Gasteiger partial charge in [0.05, 0.1) is 12.5 Å². The fourth-order valence-electron chi connectivity index (χ4n) is 3.77. The third kappa shape index (κ3) is 11.3. The van der Waals surface area contributed by atoms with Crippen molar-refractivity contribution in [3.05, 3.63) is 65.7 Å². The fraction of sp³-hybridized carbons (Fsp3) is 0.333. The monoisotopic (exact) mass is 572 g/mol. The molecular formula is C27H32N4O10. The Morgan fingerprint density at radius 3 is 1.76 bits per heavy atom. The van der Waals surface area contributed by atoms with Gasteiger partial charge >= 0.3 is 17.9 Å². The van der Waals surface area contributed by atoms with E-state index in [1.54, 1.807) is 30.3 Å². The van der Waals surface area contributed by atoms with Crippen molar-refractivity contribution in [2.75, 3.05) is 0 Å². The molecule has 0 heterocycles. The molecule has 3 amide bonds. The number of benzene rings is 2. The molecule has 41 heavy (non-hydrogen) atoms. The normalized spacial score (nSPS) is 13.6. The van der Waals surface area contributed by atoms with Crippen molar-refractivity contribution in [3.8, 4) is 5.75 Å². The van der Waals surface area contributed by atoms with Gasteiger partial charge in [0.15, 0.2) is 0 Å². The number of nitrogens with two attached hydrogens (primary N) is 1. The minimum Gasteiger partial charge on any atom is -0.508 e. The number of carboxylic acids is 3. The van der Waals surface area contributed by atoms with Crippen LogP contribution in [-0.2, 0) is 41.6 Å². The van der Waals surface area contributed by atoms with Crippen molar-refractivity contribution in [2.45, 2.75) is 56.3 Å². The first kappa shape index (κ1) is 32.2. The molecule has 0 fully saturated rings. The van der Waals surface area contributed by atoms with Gasteiger partial charge in [-0.3, -0.25) is 24.0 Å². The summed E-state index contributed by atoms with van der Waals surface area (Å²) in [5.41, 5.74) is 7.13. The lowest BCUT2D eigenvalue weighted by Gasteiger charge is -2.24. The van der Waals surface area contributed by atoms with Gasteiger partial charge in [0.2, 0.25) is 17.7 Å². The molecule has 0 saturated heterocycles. The van der Waals surface area contributed by atoms with Crippen LogP contribution in [0, 0.1) is 0 Å². The quantitative estimate of drug-likeness (QED) is 0.126. The minimum absolute atomic E-state index is 0.0561. The smallest absolute Gasteiger partial charge is 0.326 e. The summed E-state index contributed by atoms with van der Waals surface area (Å²) in [7, 11) is 0. The zero-order valence-corrected chi connectivity index (χ0v) is 21.9. The number of carboxylic acid groups (broad SMARTS) is 3. The Balaban J connectivity index is 2.15. The van der Waals surface area contributed by atoms with Crippen molar-refractivity contribution in [1.82, 2.24) is 16.0 Å². The Morgan fingerprint density at radius 2 is 1.20 bits per heavy atom. The summed E-state index contributed by atoms with van der Waals surface area (Å²) in [5.74, 6) is -7.23. The second-order valence-corrected chi connectivity index (χ2v) is 9.22. The van der Waals surface area contributed by atoms with E-state index in [2.05, 4.69) is 16.0 Å². The van der Waals surface area contributed by atoms with Crippen LogP contribution in [0.15, 0.2) is 54.6 Å². The van der Waals surface area contributed by atoms with Crippen molar-refractivity contribution in [2.24, 2.45) is 5.73 Å². The number of hydrogen-bond donors (Lipinski definition) is 8. The Bertz CT molecular complexity index is 1240. The summed E-state index contributed by atoms with van der Waals surface area (Å²) in [5, 5.41) is 44.1. The van der Waals surface area contributed by atoms with Crippen LogP contribution in [-0.4, -0.2) is 80.2 Å².